The van der Waals surface area contributed by atoms with Crippen molar-refractivity contribution >= 4 is 16.9 Å². The molecule has 0 saturated carbocycles. The van der Waals surface area contributed by atoms with E-state index in [0.717, 1.165) is 41.7 Å². The van der Waals surface area contributed by atoms with Crippen molar-refractivity contribution in [1.82, 2.24) is 19.7 Å². The Bertz CT molecular complexity index is 903. The van der Waals surface area contributed by atoms with Gasteiger partial charge in [0.2, 0.25) is 0 Å². The highest BCUT2D eigenvalue weighted by Crippen LogP contribution is 2.29. The lowest BCUT2D eigenvalue weighted by molar-refractivity contribution is 0.232. The lowest BCUT2D eigenvalue weighted by Gasteiger charge is -2.13. The number of rotatable bonds is 8. The van der Waals surface area contributed by atoms with Crippen molar-refractivity contribution in [2.24, 2.45) is 0 Å². The van der Waals surface area contributed by atoms with Crippen LogP contribution in [0.15, 0.2) is 24.3 Å². The summed E-state index contributed by atoms with van der Waals surface area (Å²) in [7, 11) is 0. The van der Waals surface area contributed by atoms with Gasteiger partial charge < -0.3 is 20.1 Å². The molecule has 2 heterocycles. The van der Waals surface area contributed by atoms with Crippen LogP contribution in [0.3, 0.4) is 0 Å². The van der Waals surface area contributed by atoms with Crippen LogP contribution in [0.1, 0.15) is 50.6 Å². The number of imidazole rings is 1. The van der Waals surface area contributed by atoms with Gasteiger partial charge in [0, 0.05) is 13.0 Å². The predicted octanol–water partition coefficient (Wildman–Crippen LogP) is 3.08. The molecule has 3 N–H and O–H groups in total. The summed E-state index contributed by atoms with van der Waals surface area (Å²) in [5, 5.41) is 17.5. The first kappa shape index (κ1) is 19.1. The van der Waals surface area contributed by atoms with E-state index < -0.39 is 0 Å². The van der Waals surface area contributed by atoms with Gasteiger partial charge in [-0.2, -0.15) is 0 Å². The van der Waals surface area contributed by atoms with Crippen molar-refractivity contribution in [1.29, 1.82) is 0 Å². The number of hydrogen-bond donors (Lipinski definition) is 2. The highest BCUT2D eigenvalue weighted by Gasteiger charge is 2.20. The van der Waals surface area contributed by atoms with E-state index in [4.69, 9.17) is 15.5 Å². The van der Waals surface area contributed by atoms with Gasteiger partial charge in [-0.3, -0.25) is 0 Å². The monoisotopic (exact) mass is 369 g/mol. The molecule has 3 rings (SSSR count). The number of unbranched alkanes of at least 4 members (excludes halogenated alkanes) is 1. The van der Waals surface area contributed by atoms with Crippen molar-refractivity contribution in [3.63, 3.8) is 0 Å². The molecule has 0 fully saturated rings. The van der Waals surface area contributed by atoms with E-state index in [1.165, 1.54) is 0 Å². The van der Waals surface area contributed by atoms with Gasteiger partial charge in [-0.15, -0.1) is 10.2 Å². The third kappa shape index (κ3) is 4.19. The molecule has 0 saturated heterocycles. The topological polar surface area (TPSA) is 99.1 Å². The van der Waals surface area contributed by atoms with Crippen molar-refractivity contribution in [2.45, 2.75) is 59.3 Å². The molecule has 27 heavy (non-hydrogen) atoms. The van der Waals surface area contributed by atoms with Crippen LogP contribution in [0, 0.1) is 0 Å². The summed E-state index contributed by atoms with van der Waals surface area (Å²) in [6, 6.07) is 7.89. The summed E-state index contributed by atoms with van der Waals surface area (Å²) in [6.07, 6.45) is 2.93. The third-order valence-electron chi connectivity index (χ3n) is 4.39. The van der Waals surface area contributed by atoms with Crippen molar-refractivity contribution in [3.05, 3.63) is 41.2 Å². The Morgan fingerprint density at radius 3 is 2.48 bits per heavy atom. The van der Waals surface area contributed by atoms with Gasteiger partial charge in [0.05, 0.1) is 12.7 Å². The minimum absolute atomic E-state index is 0.0302. The van der Waals surface area contributed by atoms with Crippen LogP contribution in [0.5, 0.6) is 5.88 Å². The minimum Gasteiger partial charge on any atom is -0.472 e. The van der Waals surface area contributed by atoms with Crippen LogP contribution < -0.4 is 10.5 Å². The molecular formula is C20H27N5O2. The number of aliphatic hydroxyl groups excluding tert-OH is 1. The zero-order chi connectivity index (χ0) is 19.4. The SMILES string of the molecule is CCCCc1nc2c(N)nnc(OC(C)C)c2n1Cc1ccc(CO)cc1. The first-order valence-corrected chi connectivity index (χ1v) is 9.40. The number of fused-ring (bicyclic) bond motifs is 1. The van der Waals surface area contributed by atoms with Crippen LogP contribution >= 0.6 is 0 Å². The maximum absolute atomic E-state index is 9.26. The van der Waals surface area contributed by atoms with E-state index in [1.54, 1.807) is 0 Å². The number of hydrogen-bond acceptors (Lipinski definition) is 6. The van der Waals surface area contributed by atoms with Crippen LogP contribution in [0.25, 0.3) is 11.0 Å². The molecule has 1 aromatic carbocycles. The van der Waals surface area contributed by atoms with E-state index in [9.17, 15) is 5.11 Å². The Hall–Kier alpha value is -2.67. The Labute approximate surface area is 159 Å². The average molecular weight is 369 g/mol. The molecular weight excluding hydrogens is 342 g/mol. The van der Waals surface area contributed by atoms with Crippen LogP contribution in [0.2, 0.25) is 0 Å². The molecule has 2 aromatic heterocycles. The van der Waals surface area contributed by atoms with Gasteiger partial charge in [0.25, 0.3) is 5.88 Å². The number of benzene rings is 1. The molecule has 0 radical (unpaired) electrons. The summed E-state index contributed by atoms with van der Waals surface area (Å²) < 4.78 is 8.02. The number of anilines is 1. The lowest BCUT2D eigenvalue weighted by Crippen LogP contribution is -2.11. The van der Waals surface area contributed by atoms with Gasteiger partial charge in [0.15, 0.2) is 5.82 Å². The fraction of sp³-hybridized carbons (Fsp3) is 0.450. The predicted molar refractivity (Wildman–Crippen MR) is 106 cm³/mol. The molecule has 3 aromatic rings. The van der Waals surface area contributed by atoms with Crippen molar-refractivity contribution in [2.75, 3.05) is 5.73 Å². The van der Waals surface area contributed by atoms with E-state index in [1.807, 2.05) is 38.1 Å². The minimum atomic E-state index is -0.0302. The first-order chi connectivity index (χ1) is 13.0. The summed E-state index contributed by atoms with van der Waals surface area (Å²) in [5.41, 5.74) is 9.48. The molecule has 0 bridgehead atoms. The second kappa shape index (κ2) is 8.35. The van der Waals surface area contributed by atoms with Crippen molar-refractivity contribution in [3.8, 4) is 5.88 Å². The summed E-state index contributed by atoms with van der Waals surface area (Å²) >= 11 is 0. The molecule has 144 valence electrons. The number of ether oxygens (including phenoxy) is 1. The average Bonchev–Trinajstić information content (AvgIpc) is 3.02. The Morgan fingerprint density at radius 2 is 1.85 bits per heavy atom. The highest BCUT2D eigenvalue weighted by atomic mass is 16.5. The number of nitrogens with zero attached hydrogens (tertiary/aromatic N) is 4. The van der Waals surface area contributed by atoms with E-state index in [-0.39, 0.29) is 12.7 Å². The second-order valence-electron chi connectivity index (χ2n) is 6.95. The molecule has 0 unspecified atom stereocenters. The van der Waals surface area contributed by atoms with E-state index >= 15 is 0 Å². The normalized spacial score (nSPS) is 11.4. The summed E-state index contributed by atoms with van der Waals surface area (Å²) in [4.78, 5) is 4.76. The fourth-order valence-electron chi connectivity index (χ4n) is 3.02. The smallest absolute Gasteiger partial charge is 0.260 e. The number of aromatic nitrogens is 4. The van der Waals surface area contributed by atoms with Crippen LogP contribution in [-0.2, 0) is 19.6 Å². The number of aliphatic hydroxyl groups is 1. The van der Waals surface area contributed by atoms with E-state index in [2.05, 4.69) is 21.7 Å². The molecule has 0 amide bonds. The maximum atomic E-state index is 9.26. The molecule has 7 heteroatoms. The second-order valence-corrected chi connectivity index (χ2v) is 6.95. The zero-order valence-corrected chi connectivity index (χ0v) is 16.1. The van der Waals surface area contributed by atoms with Crippen LogP contribution in [0.4, 0.5) is 5.82 Å². The number of nitrogen functional groups attached to an aromatic ring is 1. The van der Waals surface area contributed by atoms with Crippen LogP contribution in [-0.4, -0.2) is 31.0 Å². The van der Waals surface area contributed by atoms with Gasteiger partial charge in [-0.1, -0.05) is 37.6 Å². The van der Waals surface area contributed by atoms with Gasteiger partial charge in [-0.05, 0) is 31.4 Å². The molecule has 0 spiro atoms. The Kier molecular flexibility index (Phi) is 5.91. The number of nitrogens with two attached hydrogens (primary N) is 1. The van der Waals surface area contributed by atoms with E-state index in [0.29, 0.717) is 23.8 Å². The molecule has 0 aliphatic carbocycles. The third-order valence-corrected chi connectivity index (χ3v) is 4.39. The summed E-state index contributed by atoms with van der Waals surface area (Å²) in [6.45, 7) is 6.73. The molecule has 0 atom stereocenters. The lowest BCUT2D eigenvalue weighted by atomic mass is 10.1. The van der Waals surface area contributed by atoms with Gasteiger partial charge >= 0.3 is 0 Å². The molecule has 0 aliphatic heterocycles. The first-order valence-electron chi connectivity index (χ1n) is 9.40. The largest absolute Gasteiger partial charge is 0.472 e. The fourth-order valence-corrected chi connectivity index (χ4v) is 3.02. The quantitative estimate of drug-likeness (QED) is 0.633. The standard InChI is InChI=1S/C20H27N5O2/c1-4-5-6-16-22-17-18(20(27-13(2)3)24-23-19(17)21)25(16)11-14-7-9-15(12-26)10-8-14/h7-10,13,26H,4-6,11-12H2,1-3H3,(H2,21,23). The highest BCUT2D eigenvalue weighted by molar-refractivity contribution is 5.88. The van der Waals surface area contributed by atoms with Crippen molar-refractivity contribution < 1.29 is 9.84 Å². The molecule has 0 aliphatic rings. The van der Waals surface area contributed by atoms with Gasteiger partial charge in [0.1, 0.15) is 16.9 Å². The zero-order valence-electron chi connectivity index (χ0n) is 16.1. The Morgan fingerprint density at radius 1 is 1.15 bits per heavy atom. The summed E-state index contributed by atoms with van der Waals surface area (Å²) in [5.74, 6) is 1.72. The Balaban J connectivity index is 2.11. The molecule has 7 nitrogen and oxygen atoms in total. The number of aryl methyl sites for hydroxylation is 1. The maximum Gasteiger partial charge on any atom is 0.260 e. The van der Waals surface area contributed by atoms with Gasteiger partial charge in [-0.25, -0.2) is 4.98 Å².